The molecular formula is C21H22N4O5. The highest BCUT2D eigenvalue weighted by Crippen LogP contribution is 2.30. The van der Waals surface area contributed by atoms with E-state index in [4.69, 9.17) is 0 Å². The van der Waals surface area contributed by atoms with Crippen molar-refractivity contribution in [1.82, 2.24) is 15.1 Å². The number of nitro groups is 1. The molecule has 2 unspecified atom stereocenters. The van der Waals surface area contributed by atoms with Gasteiger partial charge in [0.2, 0.25) is 5.91 Å². The zero-order valence-electron chi connectivity index (χ0n) is 16.9. The van der Waals surface area contributed by atoms with E-state index in [2.05, 4.69) is 5.32 Å². The largest absolute Gasteiger partial charge is 0.337 e. The van der Waals surface area contributed by atoms with Crippen molar-refractivity contribution in [3.8, 4) is 0 Å². The van der Waals surface area contributed by atoms with Crippen LogP contribution in [0, 0.1) is 10.1 Å². The van der Waals surface area contributed by atoms with E-state index in [0.717, 1.165) is 10.5 Å². The molecule has 1 saturated heterocycles. The van der Waals surface area contributed by atoms with E-state index in [1.165, 1.54) is 36.1 Å². The zero-order valence-corrected chi connectivity index (χ0v) is 16.9. The van der Waals surface area contributed by atoms with E-state index in [9.17, 15) is 24.5 Å². The second kappa shape index (κ2) is 7.94. The van der Waals surface area contributed by atoms with E-state index in [0.29, 0.717) is 5.56 Å². The van der Waals surface area contributed by atoms with Gasteiger partial charge in [-0.15, -0.1) is 0 Å². The highest BCUT2D eigenvalue weighted by Gasteiger charge is 2.49. The Morgan fingerprint density at radius 2 is 1.77 bits per heavy atom. The lowest BCUT2D eigenvalue weighted by Gasteiger charge is -2.27. The van der Waals surface area contributed by atoms with Gasteiger partial charge in [-0.25, -0.2) is 4.79 Å². The molecule has 0 spiro atoms. The molecular weight excluding hydrogens is 388 g/mol. The third kappa shape index (κ3) is 3.73. The summed E-state index contributed by atoms with van der Waals surface area (Å²) in [7, 11) is 1.62. The maximum Gasteiger partial charge on any atom is 0.325 e. The lowest BCUT2D eigenvalue weighted by atomic mass is 9.92. The number of likely N-dealkylation sites (N-methyl/N-ethyl adjacent to an activating group) is 1. The van der Waals surface area contributed by atoms with Crippen LogP contribution in [0.3, 0.4) is 0 Å². The van der Waals surface area contributed by atoms with Gasteiger partial charge in [0.05, 0.1) is 11.0 Å². The van der Waals surface area contributed by atoms with Gasteiger partial charge in [0.1, 0.15) is 12.1 Å². The van der Waals surface area contributed by atoms with Crippen LogP contribution in [-0.2, 0) is 15.1 Å². The molecule has 0 aromatic heterocycles. The second-order valence-electron chi connectivity index (χ2n) is 7.34. The molecule has 3 rings (SSSR count). The number of hydrogen-bond acceptors (Lipinski definition) is 5. The molecule has 2 atom stereocenters. The summed E-state index contributed by atoms with van der Waals surface area (Å²) in [5, 5.41) is 13.4. The summed E-state index contributed by atoms with van der Waals surface area (Å²) in [5.74, 6) is -0.974. The Hall–Kier alpha value is -3.75. The van der Waals surface area contributed by atoms with Crippen LogP contribution in [-0.4, -0.2) is 46.2 Å². The summed E-state index contributed by atoms with van der Waals surface area (Å²) in [6, 6.07) is 13.9. The number of benzene rings is 2. The van der Waals surface area contributed by atoms with E-state index in [1.807, 2.05) is 37.3 Å². The topological polar surface area (TPSA) is 113 Å². The summed E-state index contributed by atoms with van der Waals surface area (Å²) in [6.07, 6.45) is 0. The highest BCUT2D eigenvalue weighted by atomic mass is 16.6. The minimum atomic E-state index is -1.41. The number of carbonyl (C=O) groups is 3. The summed E-state index contributed by atoms with van der Waals surface area (Å²) < 4.78 is 0. The van der Waals surface area contributed by atoms with Crippen molar-refractivity contribution < 1.29 is 19.3 Å². The highest BCUT2D eigenvalue weighted by molar-refractivity contribution is 6.09. The quantitative estimate of drug-likeness (QED) is 0.447. The third-order valence-corrected chi connectivity index (χ3v) is 5.48. The SMILES string of the molecule is CC(c1ccccc1)N(C)C(=O)CN1C(=O)NC(C)(c2ccc([N+](=O)[O-])cc2)C1=O. The first-order valence-corrected chi connectivity index (χ1v) is 9.35. The maximum atomic E-state index is 13.0. The van der Waals surface area contributed by atoms with Crippen molar-refractivity contribution in [1.29, 1.82) is 0 Å². The van der Waals surface area contributed by atoms with Crippen LogP contribution in [0.5, 0.6) is 0 Å². The number of non-ortho nitro benzene ring substituents is 1. The van der Waals surface area contributed by atoms with Crippen molar-refractivity contribution in [3.63, 3.8) is 0 Å². The number of nitrogens with zero attached hydrogens (tertiary/aromatic N) is 3. The molecule has 2 aromatic carbocycles. The van der Waals surface area contributed by atoms with E-state index >= 15 is 0 Å². The summed E-state index contributed by atoms with van der Waals surface area (Å²) in [4.78, 5) is 50.9. The molecule has 9 nitrogen and oxygen atoms in total. The van der Waals surface area contributed by atoms with Gasteiger partial charge in [0, 0.05) is 19.2 Å². The average molecular weight is 410 g/mol. The van der Waals surface area contributed by atoms with Gasteiger partial charge in [-0.3, -0.25) is 24.6 Å². The monoisotopic (exact) mass is 410 g/mol. The fourth-order valence-electron chi connectivity index (χ4n) is 3.37. The van der Waals surface area contributed by atoms with Crippen LogP contribution < -0.4 is 5.32 Å². The predicted molar refractivity (Wildman–Crippen MR) is 108 cm³/mol. The lowest BCUT2D eigenvalue weighted by Crippen LogP contribution is -2.44. The molecule has 156 valence electrons. The van der Waals surface area contributed by atoms with E-state index < -0.39 is 28.9 Å². The van der Waals surface area contributed by atoms with Crippen molar-refractivity contribution in [3.05, 3.63) is 75.8 Å². The summed E-state index contributed by atoms with van der Waals surface area (Å²) in [6.45, 7) is 2.97. The van der Waals surface area contributed by atoms with Crippen molar-refractivity contribution in [2.24, 2.45) is 0 Å². The number of hydrogen-bond donors (Lipinski definition) is 1. The Kier molecular flexibility index (Phi) is 5.55. The molecule has 0 bridgehead atoms. The number of nitrogens with one attached hydrogen (secondary N) is 1. The minimum absolute atomic E-state index is 0.123. The van der Waals surface area contributed by atoms with Gasteiger partial charge in [0.15, 0.2) is 0 Å². The number of imide groups is 1. The molecule has 1 aliphatic heterocycles. The lowest BCUT2D eigenvalue weighted by molar-refractivity contribution is -0.384. The molecule has 1 N–H and O–H groups in total. The van der Waals surface area contributed by atoms with Gasteiger partial charge in [-0.1, -0.05) is 30.3 Å². The number of rotatable bonds is 6. The summed E-state index contributed by atoms with van der Waals surface area (Å²) >= 11 is 0. The Morgan fingerprint density at radius 1 is 1.17 bits per heavy atom. The first kappa shape index (κ1) is 21.0. The fraction of sp³-hybridized carbons (Fsp3) is 0.286. The predicted octanol–water partition coefficient (Wildman–Crippen LogP) is 2.58. The minimum Gasteiger partial charge on any atom is -0.337 e. The molecule has 1 aliphatic rings. The molecule has 1 heterocycles. The van der Waals surface area contributed by atoms with Crippen LogP contribution in [0.2, 0.25) is 0 Å². The van der Waals surface area contributed by atoms with Crippen molar-refractivity contribution in [2.75, 3.05) is 13.6 Å². The smallest absolute Gasteiger partial charge is 0.325 e. The Balaban J connectivity index is 1.75. The van der Waals surface area contributed by atoms with Gasteiger partial charge < -0.3 is 10.2 Å². The number of carbonyl (C=O) groups excluding carboxylic acids is 3. The van der Waals surface area contributed by atoms with Crippen LogP contribution in [0.4, 0.5) is 10.5 Å². The normalized spacial score (nSPS) is 19.4. The molecule has 0 aliphatic carbocycles. The van der Waals surface area contributed by atoms with Gasteiger partial charge in [-0.05, 0) is 37.1 Å². The first-order chi connectivity index (χ1) is 14.1. The fourth-order valence-corrected chi connectivity index (χ4v) is 3.37. The first-order valence-electron chi connectivity index (χ1n) is 9.35. The number of urea groups is 1. The summed E-state index contributed by atoms with van der Waals surface area (Å²) in [5.41, 5.74) is -0.202. The standard InChI is InChI=1S/C21H22N4O5/c1-14(15-7-5-4-6-8-15)23(3)18(26)13-24-19(27)21(2,22-20(24)28)16-9-11-17(12-10-16)25(29)30/h4-12,14H,13H2,1-3H3,(H,22,28). The Labute approximate surface area is 173 Å². The van der Waals surface area contributed by atoms with Crippen LogP contribution in [0.15, 0.2) is 54.6 Å². The molecule has 2 aromatic rings. The van der Waals surface area contributed by atoms with Gasteiger partial charge >= 0.3 is 6.03 Å². The van der Waals surface area contributed by atoms with Crippen molar-refractivity contribution >= 4 is 23.5 Å². The molecule has 0 radical (unpaired) electrons. The van der Waals surface area contributed by atoms with Crippen LogP contribution in [0.1, 0.15) is 31.0 Å². The zero-order chi connectivity index (χ0) is 22.1. The van der Waals surface area contributed by atoms with Crippen LogP contribution >= 0.6 is 0 Å². The van der Waals surface area contributed by atoms with Crippen molar-refractivity contribution in [2.45, 2.75) is 25.4 Å². The van der Waals surface area contributed by atoms with E-state index in [1.54, 1.807) is 7.05 Å². The number of amides is 4. The molecule has 0 saturated carbocycles. The molecule has 30 heavy (non-hydrogen) atoms. The molecule has 1 fully saturated rings. The third-order valence-electron chi connectivity index (χ3n) is 5.48. The molecule has 4 amide bonds. The van der Waals surface area contributed by atoms with Crippen LogP contribution in [0.25, 0.3) is 0 Å². The van der Waals surface area contributed by atoms with Gasteiger partial charge in [0.25, 0.3) is 11.6 Å². The van der Waals surface area contributed by atoms with E-state index in [-0.39, 0.29) is 17.6 Å². The Bertz CT molecular complexity index is 992. The number of nitro benzene ring substituents is 1. The second-order valence-corrected chi connectivity index (χ2v) is 7.34. The Morgan fingerprint density at radius 3 is 2.33 bits per heavy atom. The average Bonchev–Trinajstić information content (AvgIpc) is 2.97. The van der Waals surface area contributed by atoms with Gasteiger partial charge in [-0.2, -0.15) is 0 Å². The maximum absolute atomic E-state index is 13.0. The molecule has 9 heteroatoms.